The van der Waals surface area contributed by atoms with Crippen LogP contribution in [0.15, 0.2) is 12.1 Å². The Labute approximate surface area is 123 Å². The molecule has 1 fully saturated rings. The summed E-state index contributed by atoms with van der Waals surface area (Å²) < 4.78 is 11.1. The second-order valence-corrected chi connectivity index (χ2v) is 6.84. The van der Waals surface area contributed by atoms with Crippen molar-refractivity contribution in [3.8, 4) is 11.5 Å². The molecule has 0 bridgehead atoms. The molecule has 0 aromatic heterocycles. The Kier molecular flexibility index (Phi) is 3.83. The summed E-state index contributed by atoms with van der Waals surface area (Å²) in [4.78, 5) is 0. The van der Waals surface area contributed by atoms with Crippen LogP contribution in [-0.4, -0.2) is 24.3 Å². The van der Waals surface area contributed by atoms with Crippen LogP contribution < -0.4 is 14.8 Å². The van der Waals surface area contributed by atoms with Crippen molar-refractivity contribution in [1.29, 1.82) is 0 Å². The van der Waals surface area contributed by atoms with E-state index in [1.165, 1.54) is 19.3 Å². The van der Waals surface area contributed by atoms with E-state index in [4.69, 9.17) is 21.1 Å². The maximum Gasteiger partial charge on any atom is 0.231 e. The molecule has 0 atom stereocenters. The Hall–Kier alpha value is -0.580. The molecule has 2 aliphatic rings. The zero-order valence-electron chi connectivity index (χ0n) is 11.0. The summed E-state index contributed by atoms with van der Waals surface area (Å²) in [6.07, 6.45) is 6.21. The number of halogens is 1. The highest BCUT2D eigenvalue weighted by molar-refractivity contribution is 8.00. The lowest BCUT2D eigenvalue weighted by Gasteiger charge is -2.40. The minimum absolute atomic E-state index is 0.265. The third-order valence-electron chi connectivity index (χ3n) is 3.96. The van der Waals surface area contributed by atoms with Crippen molar-refractivity contribution in [1.82, 2.24) is 5.32 Å². The molecule has 1 aromatic carbocycles. The zero-order valence-corrected chi connectivity index (χ0v) is 12.6. The van der Waals surface area contributed by atoms with Crippen LogP contribution in [0.3, 0.4) is 0 Å². The zero-order chi connectivity index (χ0) is 13.3. The molecule has 1 N–H and O–H groups in total. The standard InChI is InChI=1S/C14H18ClNO2S/c1-19-14(3-2-4-14)8-16-7-10-5-11(15)13-12(6-10)17-9-18-13/h5-6,16H,2-4,7-9H2,1H3. The van der Waals surface area contributed by atoms with Gasteiger partial charge in [-0.25, -0.2) is 0 Å². The highest BCUT2D eigenvalue weighted by Gasteiger charge is 2.35. The Balaban J connectivity index is 1.60. The Morgan fingerprint density at radius 3 is 2.89 bits per heavy atom. The molecule has 1 saturated carbocycles. The van der Waals surface area contributed by atoms with Crippen molar-refractivity contribution in [3.63, 3.8) is 0 Å². The van der Waals surface area contributed by atoms with Gasteiger partial charge in [0.05, 0.1) is 5.02 Å². The molecular formula is C14H18ClNO2S. The van der Waals surface area contributed by atoms with Gasteiger partial charge < -0.3 is 14.8 Å². The molecule has 3 nitrogen and oxygen atoms in total. The van der Waals surface area contributed by atoms with Crippen LogP contribution in [0, 0.1) is 0 Å². The number of fused-ring (bicyclic) bond motifs is 1. The van der Waals surface area contributed by atoms with Crippen LogP contribution >= 0.6 is 23.4 Å². The molecule has 3 rings (SSSR count). The van der Waals surface area contributed by atoms with Crippen LogP contribution in [0.2, 0.25) is 5.02 Å². The molecule has 0 saturated heterocycles. The molecule has 1 aromatic rings. The lowest BCUT2D eigenvalue weighted by Crippen LogP contribution is -2.43. The van der Waals surface area contributed by atoms with E-state index in [-0.39, 0.29) is 6.79 Å². The van der Waals surface area contributed by atoms with Crippen LogP contribution in [0.25, 0.3) is 0 Å². The molecule has 1 aliphatic heterocycles. The Bertz CT molecular complexity index is 471. The van der Waals surface area contributed by atoms with Gasteiger partial charge in [0.25, 0.3) is 0 Å². The second kappa shape index (κ2) is 5.43. The molecule has 19 heavy (non-hydrogen) atoms. The predicted octanol–water partition coefficient (Wildman–Crippen LogP) is 3.44. The number of ether oxygens (including phenoxy) is 2. The van der Waals surface area contributed by atoms with Gasteiger partial charge in [-0.1, -0.05) is 18.0 Å². The second-order valence-electron chi connectivity index (χ2n) is 5.16. The fourth-order valence-corrected chi connectivity index (χ4v) is 3.81. The van der Waals surface area contributed by atoms with E-state index in [2.05, 4.69) is 11.6 Å². The maximum atomic E-state index is 6.17. The van der Waals surface area contributed by atoms with Crippen molar-refractivity contribution >= 4 is 23.4 Å². The lowest BCUT2D eigenvalue weighted by atomic mass is 9.84. The van der Waals surface area contributed by atoms with Gasteiger partial charge in [-0.3, -0.25) is 0 Å². The first-order chi connectivity index (χ1) is 9.22. The summed E-state index contributed by atoms with van der Waals surface area (Å²) in [6, 6.07) is 3.96. The summed E-state index contributed by atoms with van der Waals surface area (Å²) in [5.41, 5.74) is 1.14. The van der Waals surface area contributed by atoms with Crippen molar-refractivity contribution in [3.05, 3.63) is 22.7 Å². The summed E-state index contributed by atoms with van der Waals surface area (Å²) in [5, 5.41) is 4.17. The van der Waals surface area contributed by atoms with E-state index in [0.29, 0.717) is 15.5 Å². The minimum Gasteiger partial charge on any atom is -0.454 e. The van der Waals surface area contributed by atoms with E-state index in [0.717, 1.165) is 24.4 Å². The third kappa shape index (κ3) is 2.67. The van der Waals surface area contributed by atoms with Gasteiger partial charge >= 0.3 is 0 Å². The van der Waals surface area contributed by atoms with Crippen LogP contribution in [0.5, 0.6) is 11.5 Å². The van der Waals surface area contributed by atoms with E-state index in [1.54, 1.807) is 0 Å². The summed E-state index contributed by atoms with van der Waals surface area (Å²) >= 11 is 8.16. The summed E-state index contributed by atoms with van der Waals surface area (Å²) in [7, 11) is 0. The van der Waals surface area contributed by atoms with Gasteiger partial charge in [0.15, 0.2) is 11.5 Å². The summed E-state index contributed by atoms with van der Waals surface area (Å²) in [6.45, 7) is 2.14. The maximum absolute atomic E-state index is 6.17. The largest absolute Gasteiger partial charge is 0.454 e. The van der Waals surface area contributed by atoms with Gasteiger partial charge in [-0.2, -0.15) is 11.8 Å². The molecule has 0 spiro atoms. The Morgan fingerprint density at radius 1 is 1.37 bits per heavy atom. The third-order valence-corrected chi connectivity index (χ3v) is 5.66. The smallest absolute Gasteiger partial charge is 0.231 e. The van der Waals surface area contributed by atoms with Crippen LogP contribution in [-0.2, 0) is 6.54 Å². The molecule has 5 heteroatoms. The monoisotopic (exact) mass is 299 g/mol. The van der Waals surface area contributed by atoms with Crippen molar-refractivity contribution in [2.24, 2.45) is 0 Å². The number of hydrogen-bond donors (Lipinski definition) is 1. The van der Waals surface area contributed by atoms with Gasteiger partial charge in [-0.15, -0.1) is 0 Å². The molecule has 0 radical (unpaired) electrons. The van der Waals surface area contributed by atoms with E-state index >= 15 is 0 Å². The normalized spacial score (nSPS) is 19.3. The molecular weight excluding hydrogens is 282 g/mol. The van der Waals surface area contributed by atoms with E-state index in [1.807, 2.05) is 23.9 Å². The number of hydrogen-bond acceptors (Lipinski definition) is 4. The number of benzene rings is 1. The average molecular weight is 300 g/mol. The first-order valence-electron chi connectivity index (χ1n) is 6.56. The molecule has 1 heterocycles. The first-order valence-corrected chi connectivity index (χ1v) is 8.17. The molecule has 104 valence electrons. The topological polar surface area (TPSA) is 30.5 Å². The van der Waals surface area contributed by atoms with Gasteiger partial charge in [-0.05, 0) is 36.8 Å². The van der Waals surface area contributed by atoms with Gasteiger partial charge in [0, 0.05) is 17.8 Å². The van der Waals surface area contributed by atoms with Crippen LogP contribution in [0.1, 0.15) is 24.8 Å². The van der Waals surface area contributed by atoms with Crippen molar-refractivity contribution in [2.45, 2.75) is 30.6 Å². The number of rotatable bonds is 5. The number of thioether (sulfide) groups is 1. The highest BCUT2D eigenvalue weighted by Crippen LogP contribution is 2.42. The van der Waals surface area contributed by atoms with E-state index < -0.39 is 0 Å². The minimum atomic E-state index is 0.265. The average Bonchev–Trinajstić information content (AvgIpc) is 2.81. The molecule has 0 amide bonds. The fraction of sp³-hybridized carbons (Fsp3) is 0.571. The predicted molar refractivity (Wildman–Crippen MR) is 79.4 cm³/mol. The first kappa shape index (κ1) is 13.4. The SMILES string of the molecule is CSC1(CNCc2cc(Cl)c3c(c2)OCO3)CCC1. The molecule has 0 unspecified atom stereocenters. The van der Waals surface area contributed by atoms with Crippen molar-refractivity contribution < 1.29 is 9.47 Å². The van der Waals surface area contributed by atoms with Crippen LogP contribution in [0.4, 0.5) is 0 Å². The van der Waals surface area contributed by atoms with E-state index in [9.17, 15) is 0 Å². The Morgan fingerprint density at radius 2 is 2.21 bits per heavy atom. The fourth-order valence-electron chi connectivity index (χ4n) is 2.58. The lowest BCUT2D eigenvalue weighted by molar-refractivity contribution is 0.174. The summed E-state index contributed by atoms with van der Waals surface area (Å²) in [5.74, 6) is 1.43. The highest BCUT2D eigenvalue weighted by atomic mass is 35.5. The number of nitrogens with one attached hydrogen (secondary N) is 1. The molecule has 1 aliphatic carbocycles. The quantitative estimate of drug-likeness (QED) is 0.902. The van der Waals surface area contributed by atoms with Gasteiger partial charge in [0.2, 0.25) is 6.79 Å². The van der Waals surface area contributed by atoms with Gasteiger partial charge in [0.1, 0.15) is 0 Å². The van der Waals surface area contributed by atoms with Crippen molar-refractivity contribution in [2.75, 3.05) is 19.6 Å².